The lowest BCUT2D eigenvalue weighted by Gasteiger charge is -2.12. The molecule has 27 heavy (non-hydrogen) atoms. The largest absolute Gasteiger partial charge is 0.445 e. The molecule has 0 saturated heterocycles. The van der Waals surface area contributed by atoms with Crippen LogP contribution in [0.4, 0.5) is 4.79 Å². The standard InChI is InChI=1S/C21H27N3O3/c22-19(20(25)24-15-17-9-3-1-4-10-17)13-7-8-14-23-21(26)27-16-18-11-5-2-6-12-18/h1-6,9-12,19H,7-8,13-16,22H2,(H,23,26)(H,24,25)/t19-/m0/s1. The highest BCUT2D eigenvalue weighted by Gasteiger charge is 2.12. The van der Waals surface area contributed by atoms with Crippen LogP contribution in [0.15, 0.2) is 60.7 Å². The molecule has 0 radical (unpaired) electrons. The molecule has 2 aromatic carbocycles. The third kappa shape index (κ3) is 8.37. The number of unbranched alkanes of at least 4 members (excludes halogenated alkanes) is 1. The van der Waals surface area contributed by atoms with Crippen molar-refractivity contribution < 1.29 is 14.3 Å². The minimum Gasteiger partial charge on any atom is -0.445 e. The van der Waals surface area contributed by atoms with Crippen LogP contribution in [0.5, 0.6) is 0 Å². The maximum absolute atomic E-state index is 12.0. The second kappa shape index (κ2) is 11.7. The Morgan fingerprint density at radius 2 is 1.52 bits per heavy atom. The highest BCUT2D eigenvalue weighted by molar-refractivity contribution is 5.81. The van der Waals surface area contributed by atoms with Crippen molar-refractivity contribution in [1.29, 1.82) is 0 Å². The first-order chi connectivity index (χ1) is 13.1. The Hall–Kier alpha value is -2.86. The van der Waals surface area contributed by atoms with E-state index < -0.39 is 12.1 Å². The van der Waals surface area contributed by atoms with Gasteiger partial charge >= 0.3 is 6.09 Å². The Balaban J connectivity index is 1.51. The number of nitrogens with two attached hydrogens (primary N) is 1. The first-order valence-electron chi connectivity index (χ1n) is 9.17. The minimum atomic E-state index is -0.543. The summed E-state index contributed by atoms with van der Waals surface area (Å²) in [5.74, 6) is -0.158. The Kier molecular flexibility index (Phi) is 8.86. The van der Waals surface area contributed by atoms with E-state index in [4.69, 9.17) is 10.5 Å². The molecule has 0 aliphatic rings. The number of alkyl carbamates (subject to hydrolysis) is 1. The van der Waals surface area contributed by atoms with Gasteiger partial charge in [-0.05, 0) is 30.4 Å². The summed E-state index contributed by atoms with van der Waals surface area (Å²) in [5.41, 5.74) is 7.89. The zero-order valence-corrected chi connectivity index (χ0v) is 15.4. The number of carbonyl (C=O) groups is 2. The minimum absolute atomic E-state index is 0.158. The van der Waals surface area contributed by atoms with Crippen LogP contribution in [0.25, 0.3) is 0 Å². The van der Waals surface area contributed by atoms with Crippen LogP contribution >= 0.6 is 0 Å². The van der Waals surface area contributed by atoms with Crippen LogP contribution in [0.3, 0.4) is 0 Å². The molecule has 0 aromatic heterocycles. The lowest BCUT2D eigenvalue weighted by Crippen LogP contribution is -2.40. The normalized spacial score (nSPS) is 11.4. The molecule has 0 heterocycles. The maximum atomic E-state index is 12.0. The molecule has 0 spiro atoms. The van der Waals surface area contributed by atoms with E-state index in [1.807, 2.05) is 60.7 Å². The number of nitrogens with one attached hydrogen (secondary N) is 2. The van der Waals surface area contributed by atoms with Gasteiger partial charge in [0.2, 0.25) is 5.91 Å². The first-order valence-corrected chi connectivity index (χ1v) is 9.17. The molecular formula is C21H27N3O3. The molecule has 1 atom stereocenters. The molecule has 0 unspecified atom stereocenters. The molecular weight excluding hydrogens is 342 g/mol. The van der Waals surface area contributed by atoms with Crippen molar-refractivity contribution in [2.24, 2.45) is 5.73 Å². The van der Waals surface area contributed by atoms with Crippen LogP contribution < -0.4 is 16.4 Å². The Labute approximate surface area is 160 Å². The van der Waals surface area contributed by atoms with Crippen molar-refractivity contribution in [2.75, 3.05) is 6.54 Å². The van der Waals surface area contributed by atoms with Gasteiger partial charge in [-0.3, -0.25) is 4.79 Å². The number of ether oxygens (including phenoxy) is 1. The Morgan fingerprint density at radius 1 is 0.889 bits per heavy atom. The van der Waals surface area contributed by atoms with E-state index in [1.165, 1.54) is 0 Å². The predicted molar refractivity (Wildman–Crippen MR) is 105 cm³/mol. The lowest BCUT2D eigenvalue weighted by atomic mass is 10.1. The predicted octanol–water partition coefficient (Wildman–Crippen LogP) is 2.73. The fourth-order valence-corrected chi connectivity index (χ4v) is 2.50. The highest BCUT2D eigenvalue weighted by atomic mass is 16.5. The molecule has 0 bridgehead atoms. The molecule has 6 nitrogen and oxygen atoms in total. The molecule has 0 aliphatic heterocycles. The van der Waals surface area contributed by atoms with E-state index in [9.17, 15) is 9.59 Å². The first kappa shape index (κ1) is 20.5. The third-order valence-electron chi connectivity index (χ3n) is 4.07. The Morgan fingerprint density at radius 3 is 2.19 bits per heavy atom. The van der Waals surface area contributed by atoms with Gasteiger partial charge in [-0.15, -0.1) is 0 Å². The van der Waals surface area contributed by atoms with E-state index in [1.54, 1.807) is 0 Å². The van der Waals surface area contributed by atoms with E-state index in [-0.39, 0.29) is 12.5 Å². The summed E-state index contributed by atoms with van der Waals surface area (Å²) in [6, 6.07) is 18.7. The third-order valence-corrected chi connectivity index (χ3v) is 4.07. The van der Waals surface area contributed by atoms with E-state index in [2.05, 4.69) is 10.6 Å². The zero-order chi connectivity index (χ0) is 19.3. The van der Waals surface area contributed by atoms with Crippen molar-refractivity contribution in [1.82, 2.24) is 10.6 Å². The average molecular weight is 369 g/mol. The molecule has 2 aromatic rings. The number of amides is 2. The molecule has 4 N–H and O–H groups in total. The van der Waals surface area contributed by atoms with E-state index >= 15 is 0 Å². The monoisotopic (exact) mass is 369 g/mol. The summed E-state index contributed by atoms with van der Waals surface area (Å²) in [6.45, 7) is 1.22. The number of carbonyl (C=O) groups excluding carboxylic acids is 2. The SMILES string of the molecule is N[C@@H](CCCCNC(=O)OCc1ccccc1)C(=O)NCc1ccccc1. The second-order valence-corrected chi connectivity index (χ2v) is 6.29. The van der Waals surface area contributed by atoms with Crippen molar-refractivity contribution in [3.8, 4) is 0 Å². The van der Waals surface area contributed by atoms with Gasteiger partial charge in [0.15, 0.2) is 0 Å². The number of rotatable bonds is 10. The van der Waals surface area contributed by atoms with Crippen LogP contribution in [0, 0.1) is 0 Å². The Bertz CT molecular complexity index is 692. The van der Waals surface area contributed by atoms with Gasteiger partial charge in [-0.25, -0.2) is 4.79 Å². The molecule has 0 aliphatic carbocycles. The topological polar surface area (TPSA) is 93.4 Å². The van der Waals surface area contributed by atoms with Crippen molar-refractivity contribution in [3.63, 3.8) is 0 Å². The summed E-state index contributed by atoms with van der Waals surface area (Å²) in [7, 11) is 0. The van der Waals surface area contributed by atoms with Crippen LogP contribution in [-0.4, -0.2) is 24.6 Å². The van der Waals surface area contributed by atoms with Gasteiger partial charge in [-0.2, -0.15) is 0 Å². The average Bonchev–Trinajstić information content (AvgIpc) is 2.71. The fraction of sp³-hybridized carbons (Fsp3) is 0.333. The summed E-state index contributed by atoms with van der Waals surface area (Å²) in [5, 5.41) is 5.54. The van der Waals surface area contributed by atoms with Crippen molar-refractivity contribution in [3.05, 3.63) is 71.8 Å². The zero-order valence-electron chi connectivity index (χ0n) is 15.4. The van der Waals surface area contributed by atoms with Gasteiger partial charge in [0.25, 0.3) is 0 Å². The summed E-state index contributed by atoms with van der Waals surface area (Å²) >= 11 is 0. The van der Waals surface area contributed by atoms with Crippen LogP contribution in [0.2, 0.25) is 0 Å². The fourth-order valence-electron chi connectivity index (χ4n) is 2.50. The number of benzene rings is 2. The van der Waals surface area contributed by atoms with Crippen LogP contribution in [0.1, 0.15) is 30.4 Å². The molecule has 0 fully saturated rings. The molecule has 6 heteroatoms. The molecule has 2 rings (SSSR count). The van der Waals surface area contributed by atoms with Gasteiger partial charge in [0, 0.05) is 13.1 Å². The van der Waals surface area contributed by atoms with Gasteiger partial charge < -0.3 is 21.1 Å². The summed E-state index contributed by atoms with van der Waals surface area (Å²) in [6.07, 6.45) is 1.61. The van der Waals surface area contributed by atoms with Crippen molar-refractivity contribution >= 4 is 12.0 Å². The quantitative estimate of drug-likeness (QED) is 0.561. The second-order valence-electron chi connectivity index (χ2n) is 6.29. The van der Waals surface area contributed by atoms with Gasteiger partial charge in [0.05, 0.1) is 6.04 Å². The van der Waals surface area contributed by atoms with Crippen LogP contribution in [-0.2, 0) is 22.7 Å². The molecule has 0 saturated carbocycles. The van der Waals surface area contributed by atoms with E-state index in [0.29, 0.717) is 19.5 Å². The molecule has 2 amide bonds. The lowest BCUT2D eigenvalue weighted by molar-refractivity contribution is -0.122. The highest BCUT2D eigenvalue weighted by Crippen LogP contribution is 2.02. The van der Waals surface area contributed by atoms with E-state index in [0.717, 1.165) is 24.0 Å². The number of hydrogen-bond acceptors (Lipinski definition) is 4. The number of hydrogen-bond donors (Lipinski definition) is 3. The van der Waals surface area contributed by atoms with Crippen molar-refractivity contribution in [2.45, 2.75) is 38.5 Å². The smallest absolute Gasteiger partial charge is 0.407 e. The summed E-state index contributed by atoms with van der Waals surface area (Å²) < 4.78 is 5.13. The maximum Gasteiger partial charge on any atom is 0.407 e. The summed E-state index contributed by atoms with van der Waals surface area (Å²) in [4.78, 5) is 23.6. The molecule has 144 valence electrons. The van der Waals surface area contributed by atoms with Gasteiger partial charge in [0.1, 0.15) is 6.61 Å². The van der Waals surface area contributed by atoms with Gasteiger partial charge in [-0.1, -0.05) is 60.7 Å².